The summed E-state index contributed by atoms with van der Waals surface area (Å²) < 4.78 is 8.80. The fourth-order valence-corrected chi connectivity index (χ4v) is 2.82. The molecule has 0 bridgehead atoms. The standard InChI is InChI=1S/C14H14N4S/c1-5-6-10-13-11(15-8(3)9(4)16-13)7(2)12-14(10)18-19-17-12/h5-6H,1-4H3/b6-5+. The highest BCUT2D eigenvalue weighted by Crippen LogP contribution is 2.30. The monoisotopic (exact) mass is 270 g/mol. The number of allylic oxidation sites excluding steroid dienone is 1. The predicted octanol–water partition coefficient (Wildman–Crippen LogP) is 3.59. The Bertz CT molecular complexity index is 817. The van der Waals surface area contributed by atoms with E-state index >= 15 is 0 Å². The van der Waals surface area contributed by atoms with E-state index in [2.05, 4.69) is 13.7 Å². The lowest BCUT2D eigenvalue weighted by Gasteiger charge is -2.08. The number of fused-ring (bicyclic) bond motifs is 2. The molecule has 96 valence electrons. The molecule has 0 radical (unpaired) electrons. The first-order valence-electron chi connectivity index (χ1n) is 6.16. The van der Waals surface area contributed by atoms with Crippen molar-refractivity contribution in [2.45, 2.75) is 27.7 Å². The first-order valence-corrected chi connectivity index (χ1v) is 6.89. The van der Waals surface area contributed by atoms with Gasteiger partial charge in [0.2, 0.25) is 0 Å². The first kappa shape index (κ1) is 12.2. The minimum absolute atomic E-state index is 0.916. The van der Waals surface area contributed by atoms with E-state index in [1.165, 1.54) is 11.7 Å². The number of aromatic nitrogens is 4. The number of benzene rings is 1. The van der Waals surface area contributed by atoms with Crippen LogP contribution >= 0.6 is 11.7 Å². The zero-order valence-electron chi connectivity index (χ0n) is 11.4. The van der Waals surface area contributed by atoms with Crippen molar-refractivity contribution < 1.29 is 0 Å². The quantitative estimate of drug-likeness (QED) is 0.678. The molecule has 0 saturated heterocycles. The summed E-state index contributed by atoms with van der Waals surface area (Å²) in [6.45, 7) is 8.00. The molecular weight excluding hydrogens is 256 g/mol. The molecular formula is C14H14N4S. The molecule has 0 N–H and O–H groups in total. The summed E-state index contributed by atoms with van der Waals surface area (Å²) in [5, 5.41) is 0. The topological polar surface area (TPSA) is 51.6 Å². The molecule has 0 spiro atoms. The van der Waals surface area contributed by atoms with Gasteiger partial charge in [-0.2, -0.15) is 8.75 Å². The van der Waals surface area contributed by atoms with Gasteiger partial charge in [0.1, 0.15) is 11.0 Å². The third kappa shape index (κ3) is 1.73. The Hall–Kier alpha value is -1.88. The van der Waals surface area contributed by atoms with Crippen LogP contribution in [0.1, 0.15) is 29.4 Å². The molecule has 3 aromatic rings. The van der Waals surface area contributed by atoms with Crippen LogP contribution in [0.25, 0.3) is 28.1 Å². The van der Waals surface area contributed by atoms with Crippen LogP contribution in [0.15, 0.2) is 6.08 Å². The van der Waals surface area contributed by atoms with Crippen molar-refractivity contribution in [3.05, 3.63) is 28.6 Å². The van der Waals surface area contributed by atoms with Crippen LogP contribution in [-0.4, -0.2) is 18.7 Å². The maximum Gasteiger partial charge on any atom is 0.114 e. The smallest absolute Gasteiger partial charge is 0.114 e. The summed E-state index contributed by atoms with van der Waals surface area (Å²) in [7, 11) is 0. The van der Waals surface area contributed by atoms with E-state index in [1.54, 1.807) is 0 Å². The summed E-state index contributed by atoms with van der Waals surface area (Å²) in [6, 6.07) is 0. The van der Waals surface area contributed by atoms with Crippen LogP contribution in [0, 0.1) is 20.8 Å². The molecule has 0 amide bonds. The van der Waals surface area contributed by atoms with E-state index in [9.17, 15) is 0 Å². The molecule has 4 nitrogen and oxygen atoms in total. The molecule has 2 aromatic heterocycles. The van der Waals surface area contributed by atoms with Crippen molar-refractivity contribution >= 4 is 39.9 Å². The summed E-state index contributed by atoms with van der Waals surface area (Å²) in [5.74, 6) is 0. The van der Waals surface area contributed by atoms with E-state index in [0.29, 0.717) is 0 Å². The molecule has 5 heteroatoms. The van der Waals surface area contributed by atoms with Crippen LogP contribution in [-0.2, 0) is 0 Å². The number of rotatable bonds is 1. The first-order chi connectivity index (χ1) is 9.13. The minimum Gasteiger partial charge on any atom is -0.249 e. The largest absolute Gasteiger partial charge is 0.249 e. The number of hydrogen-bond acceptors (Lipinski definition) is 5. The molecule has 19 heavy (non-hydrogen) atoms. The zero-order valence-corrected chi connectivity index (χ0v) is 12.2. The number of nitrogens with zero attached hydrogens (tertiary/aromatic N) is 4. The van der Waals surface area contributed by atoms with Gasteiger partial charge >= 0.3 is 0 Å². The second-order valence-electron chi connectivity index (χ2n) is 4.59. The Kier molecular flexibility index (Phi) is 2.78. The van der Waals surface area contributed by atoms with Gasteiger partial charge in [-0.1, -0.05) is 12.2 Å². The average molecular weight is 270 g/mol. The van der Waals surface area contributed by atoms with Gasteiger partial charge in [-0.25, -0.2) is 9.97 Å². The van der Waals surface area contributed by atoms with Crippen LogP contribution in [0.4, 0.5) is 0 Å². The second-order valence-corrected chi connectivity index (χ2v) is 5.12. The fourth-order valence-electron chi connectivity index (χ4n) is 2.21. The Labute approximate surface area is 115 Å². The van der Waals surface area contributed by atoms with Gasteiger partial charge in [-0.05, 0) is 27.7 Å². The highest BCUT2D eigenvalue weighted by Gasteiger charge is 2.16. The Morgan fingerprint density at radius 3 is 2.16 bits per heavy atom. The molecule has 0 aliphatic heterocycles. The van der Waals surface area contributed by atoms with Crippen molar-refractivity contribution in [2.75, 3.05) is 0 Å². The minimum atomic E-state index is 0.916. The Balaban J connectivity index is 2.61. The van der Waals surface area contributed by atoms with Crippen molar-refractivity contribution in [3.63, 3.8) is 0 Å². The Morgan fingerprint density at radius 1 is 0.842 bits per heavy atom. The summed E-state index contributed by atoms with van der Waals surface area (Å²) in [6.07, 6.45) is 4.04. The van der Waals surface area contributed by atoms with Gasteiger partial charge in [-0.15, -0.1) is 0 Å². The van der Waals surface area contributed by atoms with Gasteiger partial charge < -0.3 is 0 Å². The van der Waals surface area contributed by atoms with Gasteiger partial charge in [0.15, 0.2) is 0 Å². The zero-order chi connectivity index (χ0) is 13.6. The maximum absolute atomic E-state index is 4.71. The van der Waals surface area contributed by atoms with Crippen molar-refractivity contribution in [1.29, 1.82) is 0 Å². The molecule has 3 rings (SSSR count). The second kappa shape index (κ2) is 4.35. The summed E-state index contributed by atoms with van der Waals surface area (Å²) >= 11 is 1.24. The Morgan fingerprint density at radius 2 is 1.47 bits per heavy atom. The SMILES string of the molecule is C/C=C/c1c2nsnc2c(C)c2nc(C)c(C)nc12. The highest BCUT2D eigenvalue weighted by atomic mass is 32.1. The maximum atomic E-state index is 4.71. The van der Waals surface area contributed by atoms with E-state index < -0.39 is 0 Å². The van der Waals surface area contributed by atoms with Gasteiger partial charge in [0.25, 0.3) is 0 Å². The lowest BCUT2D eigenvalue weighted by atomic mass is 10.0. The van der Waals surface area contributed by atoms with Gasteiger partial charge in [0.05, 0.1) is 34.1 Å². The third-order valence-corrected chi connectivity index (χ3v) is 3.88. The van der Waals surface area contributed by atoms with Crippen LogP contribution in [0.5, 0.6) is 0 Å². The van der Waals surface area contributed by atoms with E-state index in [0.717, 1.165) is 44.6 Å². The molecule has 1 aromatic carbocycles. The molecule has 0 fully saturated rings. The fraction of sp³-hybridized carbons (Fsp3) is 0.286. The van der Waals surface area contributed by atoms with Crippen molar-refractivity contribution in [2.24, 2.45) is 0 Å². The van der Waals surface area contributed by atoms with Crippen molar-refractivity contribution in [1.82, 2.24) is 18.7 Å². The predicted molar refractivity (Wildman–Crippen MR) is 79.4 cm³/mol. The third-order valence-electron chi connectivity index (χ3n) is 3.35. The van der Waals surface area contributed by atoms with E-state index in [1.807, 2.05) is 39.8 Å². The van der Waals surface area contributed by atoms with E-state index in [-0.39, 0.29) is 0 Å². The van der Waals surface area contributed by atoms with Crippen molar-refractivity contribution in [3.8, 4) is 0 Å². The molecule has 0 unspecified atom stereocenters. The number of aryl methyl sites for hydroxylation is 3. The molecule has 0 saturated carbocycles. The van der Waals surface area contributed by atoms with Gasteiger partial charge in [-0.3, -0.25) is 0 Å². The molecule has 0 aliphatic carbocycles. The summed E-state index contributed by atoms with van der Waals surface area (Å²) in [4.78, 5) is 9.40. The lowest BCUT2D eigenvalue weighted by Crippen LogP contribution is -1.98. The normalized spacial score (nSPS) is 12.0. The van der Waals surface area contributed by atoms with Crippen LogP contribution in [0.3, 0.4) is 0 Å². The number of hydrogen-bond donors (Lipinski definition) is 0. The molecule has 2 heterocycles. The van der Waals surface area contributed by atoms with Crippen LogP contribution < -0.4 is 0 Å². The van der Waals surface area contributed by atoms with Gasteiger partial charge in [0, 0.05) is 11.1 Å². The molecule has 0 aliphatic rings. The summed E-state index contributed by atoms with van der Waals surface area (Å²) in [5.41, 5.74) is 7.69. The lowest BCUT2D eigenvalue weighted by molar-refractivity contribution is 1.10. The highest BCUT2D eigenvalue weighted by molar-refractivity contribution is 7.00. The average Bonchev–Trinajstić information content (AvgIpc) is 2.86. The van der Waals surface area contributed by atoms with E-state index in [4.69, 9.17) is 4.98 Å². The van der Waals surface area contributed by atoms with Crippen LogP contribution in [0.2, 0.25) is 0 Å². The molecule has 0 atom stereocenters.